The Morgan fingerprint density at radius 1 is 1.11 bits per heavy atom. The molecule has 0 radical (unpaired) electrons. The van der Waals surface area contributed by atoms with Gasteiger partial charge in [0.05, 0.1) is 34.6 Å². The van der Waals surface area contributed by atoms with Crippen LogP contribution in [0.3, 0.4) is 0 Å². The minimum atomic E-state index is -2.06. The van der Waals surface area contributed by atoms with Crippen LogP contribution in [0, 0.1) is 28.8 Å². The van der Waals surface area contributed by atoms with Crippen LogP contribution in [0.15, 0.2) is 78.7 Å². The molecular formula is C36H35ClF3N7O5S. The molecule has 2 N–H and O–H groups in total. The number of likely N-dealkylation sites (N-methyl/N-ethyl adjacent to an activating group) is 1. The number of nitrogens with one attached hydrogen (secondary N) is 1. The molecule has 1 unspecified atom stereocenters. The molecule has 0 aliphatic rings. The van der Waals surface area contributed by atoms with Crippen molar-refractivity contribution >= 4 is 29.1 Å². The lowest BCUT2D eigenvalue weighted by molar-refractivity contribution is -0.753. The Hall–Kier alpha value is -5.34. The predicted molar refractivity (Wildman–Crippen MR) is 183 cm³/mol. The normalized spacial score (nSPS) is 13.2. The summed E-state index contributed by atoms with van der Waals surface area (Å²) in [6.07, 6.45) is 0.992. The number of halogens is 4. The van der Waals surface area contributed by atoms with Gasteiger partial charge in [0.2, 0.25) is 12.6 Å². The smallest absolute Gasteiger partial charge is 0.416 e. The van der Waals surface area contributed by atoms with E-state index in [1.807, 2.05) is 0 Å². The lowest BCUT2D eigenvalue weighted by Crippen LogP contribution is -3.00. The number of nitrogens with zero attached hydrogens (tertiary/aromatic N) is 6. The molecule has 0 spiro atoms. The number of ether oxygens (including phenoxy) is 2. The number of carbonyl (C=O) groups excluding carboxylic acids is 2. The summed E-state index contributed by atoms with van der Waals surface area (Å²) in [6, 6.07) is 15.4. The van der Waals surface area contributed by atoms with Crippen molar-refractivity contribution in [2.75, 3.05) is 25.5 Å². The maximum Gasteiger partial charge on any atom is 0.416 e. The number of carbonyl (C=O) groups is 2. The summed E-state index contributed by atoms with van der Waals surface area (Å²) in [5.41, 5.74) is -0.0793. The minimum absolute atomic E-state index is 0. The standard InChI is InChI=1S/C36H35F3N7O5S.ClH/c1-22(34-43-31(18-52-34)25-7-5-24(15-40)6-8-25)36(49,29-14-28(38)9-11-30(29)39)19-46-21-45(20-42-46)23(2)51-35(48)44(4)32-12-10-27(37)13-26(32)17-50-33(47)16-41-3;/h5-14,18,20-23,41,49H,16-17,19H2,1-4H3;1H/q+1;/p-1/t22-,23?,36+;/m0./s1. The first-order valence-corrected chi connectivity index (χ1v) is 16.8. The number of thiazole rings is 1. The Morgan fingerprint density at radius 3 is 2.51 bits per heavy atom. The molecule has 3 aromatic carbocycles. The van der Waals surface area contributed by atoms with Crippen LogP contribution in [0.4, 0.5) is 23.7 Å². The monoisotopic (exact) mass is 769 g/mol. The fraction of sp³-hybridized carbons (Fsp3) is 0.278. The number of hydrogen-bond donors (Lipinski definition) is 2. The molecule has 0 fully saturated rings. The SMILES string of the molecule is CNCC(=O)OCc1cc(F)ccc1N(C)C(=O)OC(C)[n+]1cnn(C[C@](O)(c2cc(F)ccc2F)[C@@H](C)c2nc(-c3ccc(C#N)cc3)cs2)c1.[Cl-]. The molecule has 278 valence electrons. The van der Waals surface area contributed by atoms with Crippen molar-refractivity contribution in [3.8, 4) is 17.3 Å². The van der Waals surface area contributed by atoms with Crippen LogP contribution in [-0.2, 0) is 33.0 Å². The number of benzene rings is 3. The van der Waals surface area contributed by atoms with Crippen LogP contribution in [-0.4, -0.2) is 52.6 Å². The first kappa shape index (κ1) is 40.4. The fourth-order valence-electron chi connectivity index (χ4n) is 5.41. The topological polar surface area (TPSA) is 146 Å². The van der Waals surface area contributed by atoms with E-state index in [0.29, 0.717) is 16.3 Å². The second-order valence-electron chi connectivity index (χ2n) is 11.9. The number of anilines is 1. The Labute approximate surface area is 313 Å². The van der Waals surface area contributed by atoms with E-state index in [4.69, 9.17) is 14.7 Å². The van der Waals surface area contributed by atoms with Crippen LogP contribution in [0.5, 0.6) is 0 Å². The van der Waals surface area contributed by atoms with Gasteiger partial charge >= 0.3 is 12.1 Å². The van der Waals surface area contributed by atoms with Crippen LogP contribution in [0.2, 0.25) is 0 Å². The van der Waals surface area contributed by atoms with Crippen LogP contribution >= 0.6 is 11.3 Å². The largest absolute Gasteiger partial charge is 1.00 e. The number of aliphatic hydroxyl groups is 1. The summed E-state index contributed by atoms with van der Waals surface area (Å²) in [4.78, 5) is 30.9. The van der Waals surface area contributed by atoms with Gasteiger partial charge in [-0.1, -0.05) is 19.1 Å². The Kier molecular flexibility index (Phi) is 13.3. The van der Waals surface area contributed by atoms with Gasteiger partial charge in [-0.3, -0.25) is 9.69 Å². The summed E-state index contributed by atoms with van der Waals surface area (Å²) in [5.74, 6) is -3.60. The van der Waals surface area contributed by atoms with E-state index in [1.165, 1.54) is 46.4 Å². The van der Waals surface area contributed by atoms with E-state index in [-0.39, 0.29) is 48.9 Å². The van der Waals surface area contributed by atoms with Crippen molar-refractivity contribution in [2.45, 2.75) is 44.7 Å². The zero-order valence-electron chi connectivity index (χ0n) is 29.0. The van der Waals surface area contributed by atoms with Crippen molar-refractivity contribution < 1.29 is 54.3 Å². The molecule has 17 heteroatoms. The second-order valence-corrected chi connectivity index (χ2v) is 12.8. The number of nitriles is 1. The molecule has 12 nitrogen and oxygen atoms in total. The third kappa shape index (κ3) is 9.37. The summed E-state index contributed by atoms with van der Waals surface area (Å²) in [6.45, 7) is 2.52. The zero-order chi connectivity index (χ0) is 37.6. The van der Waals surface area contributed by atoms with Crippen molar-refractivity contribution in [1.29, 1.82) is 5.26 Å². The van der Waals surface area contributed by atoms with E-state index in [1.54, 1.807) is 50.5 Å². The molecule has 2 heterocycles. The molecular weight excluding hydrogens is 735 g/mol. The van der Waals surface area contributed by atoms with Crippen molar-refractivity contribution in [1.82, 2.24) is 20.1 Å². The van der Waals surface area contributed by atoms with Crippen molar-refractivity contribution in [2.24, 2.45) is 0 Å². The molecule has 0 bridgehead atoms. The molecule has 0 aliphatic carbocycles. The fourth-order valence-corrected chi connectivity index (χ4v) is 6.39. The van der Waals surface area contributed by atoms with Crippen LogP contribution in [0.1, 0.15) is 47.7 Å². The first-order chi connectivity index (χ1) is 24.8. The van der Waals surface area contributed by atoms with Gasteiger partial charge in [0.25, 0.3) is 6.33 Å². The van der Waals surface area contributed by atoms with Gasteiger partial charge in [-0.05, 0) is 55.6 Å². The highest BCUT2D eigenvalue weighted by atomic mass is 35.5. The van der Waals surface area contributed by atoms with Crippen molar-refractivity contribution in [3.63, 3.8) is 0 Å². The van der Waals surface area contributed by atoms with Gasteiger partial charge in [-0.25, -0.2) is 22.9 Å². The van der Waals surface area contributed by atoms with E-state index < -0.39 is 47.3 Å². The highest BCUT2D eigenvalue weighted by Crippen LogP contribution is 2.41. The Balaban J connectivity index is 0.00000627. The van der Waals surface area contributed by atoms with Gasteiger partial charge < -0.3 is 32.3 Å². The Morgan fingerprint density at radius 2 is 1.81 bits per heavy atom. The van der Waals surface area contributed by atoms with Crippen LogP contribution < -0.4 is 27.2 Å². The quantitative estimate of drug-likeness (QED) is 0.136. The highest BCUT2D eigenvalue weighted by Gasteiger charge is 2.43. The average molecular weight is 770 g/mol. The van der Waals surface area contributed by atoms with E-state index >= 15 is 4.39 Å². The van der Waals surface area contributed by atoms with Gasteiger partial charge in [0.1, 0.15) is 36.2 Å². The summed E-state index contributed by atoms with van der Waals surface area (Å²) in [5, 5.41) is 30.5. The maximum atomic E-state index is 15.3. The summed E-state index contributed by atoms with van der Waals surface area (Å²) >= 11 is 1.23. The highest BCUT2D eigenvalue weighted by molar-refractivity contribution is 7.10. The van der Waals surface area contributed by atoms with Gasteiger partial charge in [-0.15, -0.1) is 16.0 Å². The lowest BCUT2D eigenvalue weighted by atomic mass is 9.82. The lowest BCUT2D eigenvalue weighted by Gasteiger charge is -2.32. The molecule has 3 atom stereocenters. The van der Waals surface area contributed by atoms with Gasteiger partial charge in [-0.2, -0.15) is 9.83 Å². The van der Waals surface area contributed by atoms with Gasteiger partial charge in [0.15, 0.2) is 0 Å². The third-order valence-corrected chi connectivity index (χ3v) is 9.42. The minimum Gasteiger partial charge on any atom is -1.00 e. The first-order valence-electron chi connectivity index (χ1n) is 15.9. The van der Waals surface area contributed by atoms with E-state index in [9.17, 15) is 23.5 Å². The zero-order valence-corrected chi connectivity index (χ0v) is 30.5. The van der Waals surface area contributed by atoms with E-state index in [0.717, 1.165) is 40.8 Å². The maximum absolute atomic E-state index is 15.3. The molecule has 53 heavy (non-hydrogen) atoms. The molecule has 0 aliphatic heterocycles. The number of esters is 1. The molecule has 5 rings (SSSR count). The predicted octanol–water partition coefficient (Wildman–Crippen LogP) is 2.33. The van der Waals surface area contributed by atoms with Crippen LogP contribution in [0.25, 0.3) is 11.3 Å². The molecule has 2 aromatic heterocycles. The van der Waals surface area contributed by atoms with Crippen molar-refractivity contribution in [3.05, 3.63) is 118 Å². The molecule has 0 saturated carbocycles. The summed E-state index contributed by atoms with van der Waals surface area (Å²) in [7, 11) is 2.99. The second kappa shape index (κ2) is 17.5. The Bertz CT molecular complexity index is 2110. The molecule has 5 aromatic rings. The average Bonchev–Trinajstić information content (AvgIpc) is 3.82. The number of aromatic nitrogens is 4. The van der Waals surface area contributed by atoms with E-state index in [2.05, 4.69) is 21.5 Å². The third-order valence-electron chi connectivity index (χ3n) is 8.39. The number of rotatable bonds is 13. The van der Waals surface area contributed by atoms with Gasteiger partial charge in [0, 0.05) is 47.1 Å². The number of amides is 1. The summed E-state index contributed by atoms with van der Waals surface area (Å²) < 4.78 is 57.4. The number of hydrogen-bond acceptors (Lipinski definition) is 10. The molecule has 0 saturated heterocycles. The molecule has 1 amide bonds.